The van der Waals surface area contributed by atoms with Crippen LogP contribution in [0, 0.1) is 6.92 Å². The fourth-order valence-corrected chi connectivity index (χ4v) is 2.86. The third kappa shape index (κ3) is 5.94. The second-order valence-corrected chi connectivity index (χ2v) is 6.72. The average Bonchev–Trinajstić information content (AvgIpc) is 2.74. The molecule has 0 spiro atoms. The highest BCUT2D eigenvalue weighted by Gasteiger charge is 2.06. The van der Waals surface area contributed by atoms with E-state index >= 15 is 0 Å². The summed E-state index contributed by atoms with van der Waals surface area (Å²) in [6, 6.07) is 16.4. The van der Waals surface area contributed by atoms with E-state index < -0.39 is 0 Å². The van der Waals surface area contributed by atoms with E-state index in [0.29, 0.717) is 31.1 Å². The minimum atomic E-state index is -0.247. The van der Waals surface area contributed by atoms with Crippen molar-refractivity contribution in [3.05, 3.63) is 76.8 Å². The Hall–Kier alpha value is -3.61. The highest BCUT2D eigenvalue weighted by molar-refractivity contribution is 5.77. The number of carbonyl (C=O) groups is 1. The molecule has 3 rings (SSSR count). The van der Waals surface area contributed by atoms with Gasteiger partial charge in [0.2, 0.25) is 0 Å². The van der Waals surface area contributed by atoms with E-state index in [1.807, 2.05) is 56.3 Å². The lowest BCUT2D eigenvalue weighted by Crippen LogP contribution is -2.33. The van der Waals surface area contributed by atoms with E-state index in [4.69, 9.17) is 9.47 Å². The molecule has 0 fully saturated rings. The van der Waals surface area contributed by atoms with E-state index in [0.717, 1.165) is 16.9 Å². The molecule has 7 heteroatoms. The molecule has 0 aliphatic carbocycles. The van der Waals surface area contributed by atoms with Gasteiger partial charge in [-0.05, 0) is 55.8 Å². The quantitative estimate of drug-likeness (QED) is 0.590. The van der Waals surface area contributed by atoms with E-state index in [1.54, 1.807) is 6.07 Å². The summed E-state index contributed by atoms with van der Waals surface area (Å²) in [5.41, 5.74) is 2.31. The van der Waals surface area contributed by atoms with Crippen molar-refractivity contribution in [2.24, 2.45) is 0 Å². The summed E-state index contributed by atoms with van der Waals surface area (Å²) < 4.78 is 12.3. The molecular weight excluding hydrogens is 382 g/mol. The number of nitrogens with one attached hydrogen (secondary N) is 1. The van der Waals surface area contributed by atoms with Crippen molar-refractivity contribution < 1.29 is 14.3 Å². The molecule has 2 aromatic carbocycles. The molecule has 3 aromatic rings. The maximum atomic E-state index is 12.4. The standard InChI is InChI=1S/C23H25N3O4/c1-3-29-19-9-7-18(8-10-19)21-14-23(28)26(16-25-21)12-11-24-22(27)15-30-20-6-4-5-17(2)13-20/h4-10,13-14,16H,3,11-12,15H2,1-2H3,(H,24,27). The van der Waals surface area contributed by atoms with Crippen LogP contribution in [0.1, 0.15) is 12.5 Å². The largest absolute Gasteiger partial charge is 0.494 e. The topological polar surface area (TPSA) is 82.5 Å². The number of ether oxygens (including phenoxy) is 2. The van der Waals surface area contributed by atoms with Gasteiger partial charge in [-0.15, -0.1) is 0 Å². The smallest absolute Gasteiger partial charge is 0.258 e. The van der Waals surface area contributed by atoms with Crippen LogP contribution in [0.15, 0.2) is 65.7 Å². The maximum Gasteiger partial charge on any atom is 0.258 e. The lowest BCUT2D eigenvalue weighted by molar-refractivity contribution is -0.123. The minimum Gasteiger partial charge on any atom is -0.494 e. The molecule has 0 unspecified atom stereocenters. The first-order valence-corrected chi connectivity index (χ1v) is 9.81. The molecule has 1 amide bonds. The van der Waals surface area contributed by atoms with Gasteiger partial charge >= 0.3 is 0 Å². The van der Waals surface area contributed by atoms with Gasteiger partial charge < -0.3 is 14.8 Å². The first-order valence-electron chi connectivity index (χ1n) is 9.81. The number of hydrogen-bond acceptors (Lipinski definition) is 5. The molecule has 0 bridgehead atoms. The maximum absolute atomic E-state index is 12.4. The van der Waals surface area contributed by atoms with Crippen LogP contribution in [-0.4, -0.2) is 35.2 Å². The molecule has 0 saturated carbocycles. The summed E-state index contributed by atoms with van der Waals surface area (Å²) in [4.78, 5) is 28.7. The lowest BCUT2D eigenvalue weighted by Gasteiger charge is -2.10. The van der Waals surface area contributed by atoms with Crippen LogP contribution in [0.5, 0.6) is 11.5 Å². The zero-order chi connectivity index (χ0) is 21.3. The SMILES string of the molecule is CCOc1ccc(-c2cc(=O)n(CCNC(=O)COc3cccc(C)c3)cn2)cc1. The van der Waals surface area contributed by atoms with Gasteiger partial charge in [0.15, 0.2) is 6.61 Å². The zero-order valence-corrected chi connectivity index (χ0v) is 17.1. The molecule has 0 atom stereocenters. The van der Waals surface area contributed by atoms with Crippen molar-refractivity contribution in [2.75, 3.05) is 19.8 Å². The fourth-order valence-electron chi connectivity index (χ4n) is 2.86. The Morgan fingerprint density at radius 3 is 2.57 bits per heavy atom. The van der Waals surface area contributed by atoms with Crippen LogP contribution >= 0.6 is 0 Å². The molecule has 0 radical (unpaired) electrons. The highest BCUT2D eigenvalue weighted by atomic mass is 16.5. The van der Waals surface area contributed by atoms with E-state index in [-0.39, 0.29) is 18.1 Å². The molecular formula is C23H25N3O4. The summed E-state index contributed by atoms with van der Waals surface area (Å²) >= 11 is 0. The van der Waals surface area contributed by atoms with Crippen LogP contribution in [0.2, 0.25) is 0 Å². The van der Waals surface area contributed by atoms with E-state index in [1.165, 1.54) is 17.0 Å². The van der Waals surface area contributed by atoms with Crippen LogP contribution in [-0.2, 0) is 11.3 Å². The van der Waals surface area contributed by atoms with Gasteiger partial charge in [-0.25, -0.2) is 4.98 Å². The second kappa shape index (κ2) is 10.2. The normalized spacial score (nSPS) is 10.5. The Morgan fingerprint density at radius 1 is 1.07 bits per heavy atom. The van der Waals surface area contributed by atoms with Crippen molar-refractivity contribution in [1.29, 1.82) is 0 Å². The lowest BCUT2D eigenvalue weighted by atomic mass is 10.1. The molecule has 1 N–H and O–H groups in total. The number of aromatic nitrogens is 2. The van der Waals surface area contributed by atoms with Gasteiger partial charge in [0.1, 0.15) is 11.5 Å². The van der Waals surface area contributed by atoms with E-state index in [9.17, 15) is 9.59 Å². The van der Waals surface area contributed by atoms with Gasteiger partial charge in [0.05, 0.1) is 18.6 Å². The predicted octanol–water partition coefficient (Wildman–Crippen LogP) is 2.81. The minimum absolute atomic E-state index is 0.0761. The summed E-state index contributed by atoms with van der Waals surface area (Å²) in [5, 5.41) is 2.74. The van der Waals surface area contributed by atoms with Crippen LogP contribution in [0.3, 0.4) is 0 Å². The fraction of sp³-hybridized carbons (Fsp3) is 0.261. The summed E-state index contributed by atoms with van der Waals surface area (Å²) in [7, 11) is 0. The van der Waals surface area contributed by atoms with Gasteiger partial charge in [0, 0.05) is 24.7 Å². The van der Waals surface area contributed by atoms with Gasteiger partial charge in [-0.2, -0.15) is 0 Å². The third-order valence-electron chi connectivity index (χ3n) is 4.37. The van der Waals surface area contributed by atoms with Crippen LogP contribution in [0.4, 0.5) is 0 Å². The number of hydrogen-bond donors (Lipinski definition) is 1. The van der Waals surface area contributed by atoms with Crippen molar-refractivity contribution >= 4 is 5.91 Å². The molecule has 1 heterocycles. The molecule has 7 nitrogen and oxygen atoms in total. The van der Waals surface area contributed by atoms with E-state index in [2.05, 4.69) is 10.3 Å². The van der Waals surface area contributed by atoms with Crippen molar-refractivity contribution in [1.82, 2.24) is 14.9 Å². The van der Waals surface area contributed by atoms with Gasteiger partial charge in [0.25, 0.3) is 11.5 Å². The average molecular weight is 407 g/mol. The molecule has 1 aromatic heterocycles. The third-order valence-corrected chi connectivity index (χ3v) is 4.37. The molecule has 0 aliphatic rings. The first-order chi connectivity index (χ1) is 14.5. The number of rotatable bonds is 9. The number of amides is 1. The Labute approximate surface area is 175 Å². The summed E-state index contributed by atoms with van der Waals surface area (Å²) in [6.07, 6.45) is 1.49. The Morgan fingerprint density at radius 2 is 1.87 bits per heavy atom. The molecule has 0 saturated heterocycles. The second-order valence-electron chi connectivity index (χ2n) is 6.72. The van der Waals surface area contributed by atoms with Gasteiger partial charge in [-0.3, -0.25) is 14.2 Å². The zero-order valence-electron chi connectivity index (χ0n) is 17.1. The Kier molecular flexibility index (Phi) is 7.21. The van der Waals surface area contributed by atoms with Crippen molar-refractivity contribution in [3.8, 4) is 22.8 Å². The Balaban J connectivity index is 1.49. The number of benzene rings is 2. The highest BCUT2D eigenvalue weighted by Crippen LogP contribution is 2.19. The molecule has 156 valence electrons. The first kappa shape index (κ1) is 21.1. The number of aryl methyl sites for hydroxylation is 1. The van der Waals surface area contributed by atoms with Gasteiger partial charge in [-0.1, -0.05) is 12.1 Å². The van der Waals surface area contributed by atoms with Crippen LogP contribution < -0.4 is 20.3 Å². The number of nitrogens with zero attached hydrogens (tertiary/aromatic N) is 2. The number of carbonyl (C=O) groups excluding carboxylic acids is 1. The molecule has 30 heavy (non-hydrogen) atoms. The predicted molar refractivity (Wildman–Crippen MR) is 115 cm³/mol. The van der Waals surface area contributed by atoms with Crippen LogP contribution in [0.25, 0.3) is 11.3 Å². The van der Waals surface area contributed by atoms with Crippen molar-refractivity contribution in [3.63, 3.8) is 0 Å². The Bertz CT molecular complexity index is 1040. The van der Waals surface area contributed by atoms with Crippen molar-refractivity contribution in [2.45, 2.75) is 20.4 Å². The summed E-state index contributed by atoms with van der Waals surface area (Å²) in [6.45, 7) is 5.04. The summed E-state index contributed by atoms with van der Waals surface area (Å²) in [5.74, 6) is 1.18. The molecule has 0 aliphatic heterocycles. The monoisotopic (exact) mass is 407 g/mol.